The van der Waals surface area contributed by atoms with Crippen LogP contribution in [0.3, 0.4) is 0 Å². The topological polar surface area (TPSA) is 72.9 Å². The van der Waals surface area contributed by atoms with Crippen molar-refractivity contribution in [3.8, 4) is 0 Å². The first-order chi connectivity index (χ1) is 12.1. The summed E-state index contributed by atoms with van der Waals surface area (Å²) in [5.74, 6) is 0.312. The number of ether oxygens (including phenoxy) is 1. The van der Waals surface area contributed by atoms with Crippen molar-refractivity contribution in [1.82, 2.24) is 5.06 Å². The van der Waals surface area contributed by atoms with Gasteiger partial charge in [0.1, 0.15) is 6.61 Å². The Bertz CT molecular complexity index is 598. The van der Waals surface area contributed by atoms with Gasteiger partial charge in [0.25, 0.3) is 11.8 Å². The number of imide groups is 1. The van der Waals surface area contributed by atoms with E-state index in [9.17, 15) is 14.4 Å². The van der Waals surface area contributed by atoms with Crippen molar-refractivity contribution >= 4 is 17.8 Å². The minimum Gasteiger partial charge on any atom is -0.365 e. The fraction of sp³-hybridized carbons (Fsp3) is 0.632. The van der Waals surface area contributed by atoms with E-state index >= 15 is 0 Å². The number of allylic oxidation sites excluding steroid dienone is 2. The Hall–Kier alpha value is -1.95. The second kappa shape index (κ2) is 6.75. The van der Waals surface area contributed by atoms with Crippen molar-refractivity contribution in [1.29, 1.82) is 0 Å². The van der Waals surface area contributed by atoms with Crippen LogP contribution in [0.15, 0.2) is 24.3 Å². The molecule has 0 N–H and O–H groups in total. The average molecular weight is 345 g/mol. The van der Waals surface area contributed by atoms with E-state index in [2.05, 4.69) is 24.3 Å². The number of carbonyl (C=O) groups is 3. The lowest BCUT2D eigenvalue weighted by atomic mass is 9.77. The maximum Gasteiger partial charge on any atom is 0.358 e. The van der Waals surface area contributed by atoms with Gasteiger partial charge < -0.3 is 9.57 Å². The Kier molecular flexibility index (Phi) is 4.46. The smallest absolute Gasteiger partial charge is 0.358 e. The number of carbonyl (C=O) groups excluding carboxylic acids is 3. The Balaban J connectivity index is 1.34. The number of fused-ring (bicyclic) bond motifs is 5. The van der Waals surface area contributed by atoms with E-state index < -0.39 is 17.8 Å². The molecule has 1 saturated carbocycles. The molecule has 1 saturated heterocycles. The van der Waals surface area contributed by atoms with E-state index in [1.54, 1.807) is 0 Å². The highest BCUT2D eigenvalue weighted by atomic mass is 16.7. The van der Waals surface area contributed by atoms with Crippen molar-refractivity contribution < 1.29 is 24.0 Å². The van der Waals surface area contributed by atoms with Crippen molar-refractivity contribution in [2.24, 2.45) is 23.7 Å². The van der Waals surface area contributed by atoms with Crippen LogP contribution in [0.25, 0.3) is 0 Å². The van der Waals surface area contributed by atoms with Crippen LogP contribution >= 0.6 is 0 Å². The van der Waals surface area contributed by atoms with Gasteiger partial charge in [-0.3, -0.25) is 9.59 Å². The molecule has 4 atom stereocenters. The van der Waals surface area contributed by atoms with Crippen molar-refractivity contribution in [2.75, 3.05) is 6.61 Å². The van der Waals surface area contributed by atoms with E-state index in [1.165, 1.54) is 0 Å². The van der Waals surface area contributed by atoms with Crippen LogP contribution < -0.4 is 0 Å². The Morgan fingerprint density at radius 3 is 2.12 bits per heavy atom. The molecule has 6 heteroatoms. The van der Waals surface area contributed by atoms with Crippen molar-refractivity contribution in [3.63, 3.8) is 0 Å². The Morgan fingerprint density at radius 2 is 1.56 bits per heavy atom. The lowest BCUT2D eigenvalue weighted by Gasteiger charge is -2.28. The molecule has 1 heterocycles. The van der Waals surface area contributed by atoms with E-state index in [4.69, 9.17) is 9.57 Å². The lowest BCUT2D eigenvalue weighted by molar-refractivity contribution is -0.201. The summed E-state index contributed by atoms with van der Waals surface area (Å²) in [6, 6.07) is 0. The summed E-state index contributed by atoms with van der Waals surface area (Å²) in [7, 11) is 0. The molecular formula is C19H23NO5. The average Bonchev–Trinajstić information content (AvgIpc) is 3.19. The van der Waals surface area contributed by atoms with Crippen LogP contribution in [0.5, 0.6) is 0 Å². The molecule has 4 aliphatic rings. The van der Waals surface area contributed by atoms with Gasteiger partial charge in [0.2, 0.25) is 0 Å². The molecule has 0 radical (unpaired) electrons. The molecule has 134 valence electrons. The zero-order valence-electron chi connectivity index (χ0n) is 14.1. The molecule has 4 unspecified atom stereocenters. The zero-order valence-corrected chi connectivity index (χ0v) is 14.1. The fourth-order valence-corrected chi connectivity index (χ4v) is 4.87. The van der Waals surface area contributed by atoms with E-state index in [0.717, 1.165) is 25.7 Å². The van der Waals surface area contributed by atoms with Gasteiger partial charge in [0, 0.05) is 24.7 Å². The molecule has 25 heavy (non-hydrogen) atoms. The van der Waals surface area contributed by atoms with Gasteiger partial charge in [-0.15, -0.1) is 5.06 Å². The fourth-order valence-electron chi connectivity index (χ4n) is 4.87. The second-order valence-corrected chi connectivity index (χ2v) is 7.31. The maximum atomic E-state index is 12.0. The number of hydrogen-bond donors (Lipinski definition) is 0. The second-order valence-electron chi connectivity index (χ2n) is 7.31. The first-order valence-corrected chi connectivity index (χ1v) is 9.16. The van der Waals surface area contributed by atoms with Gasteiger partial charge in [-0.05, 0) is 37.5 Å². The molecule has 2 bridgehead atoms. The zero-order chi connectivity index (χ0) is 17.4. The Morgan fingerprint density at radius 1 is 1.00 bits per heavy atom. The molecule has 2 fully saturated rings. The van der Waals surface area contributed by atoms with Gasteiger partial charge in [-0.1, -0.05) is 24.3 Å². The summed E-state index contributed by atoms with van der Waals surface area (Å²) in [4.78, 5) is 39.9. The quantitative estimate of drug-likeness (QED) is 0.577. The summed E-state index contributed by atoms with van der Waals surface area (Å²) in [5.41, 5.74) is 0. The largest absolute Gasteiger partial charge is 0.365 e. The number of hydroxylamine groups is 2. The minimum atomic E-state index is -0.686. The number of hydrogen-bond acceptors (Lipinski definition) is 5. The van der Waals surface area contributed by atoms with Gasteiger partial charge in [0.05, 0.1) is 6.10 Å². The third-order valence-corrected chi connectivity index (χ3v) is 5.95. The van der Waals surface area contributed by atoms with Gasteiger partial charge in [0.15, 0.2) is 0 Å². The van der Waals surface area contributed by atoms with Gasteiger partial charge in [-0.25, -0.2) is 4.79 Å². The highest BCUT2D eigenvalue weighted by Gasteiger charge is 2.51. The standard InChI is InChI=1S/C19H23NO5/c21-16-9-10-17(22)20(16)25-18(23)11-24-19-14-7-8-15(19)13-6-4-2-1-3-5-12(13)14/h1-2,7-8,12-15,19H,3-6,9-11H2/b2-1+. The molecule has 2 amide bonds. The predicted octanol–water partition coefficient (Wildman–Crippen LogP) is 2.16. The molecule has 4 rings (SSSR count). The molecule has 3 aliphatic carbocycles. The first-order valence-electron chi connectivity index (χ1n) is 9.16. The molecule has 0 aromatic rings. The van der Waals surface area contributed by atoms with E-state index in [1.807, 2.05) is 0 Å². The highest BCUT2D eigenvalue weighted by Crippen LogP contribution is 2.53. The first kappa shape index (κ1) is 16.5. The maximum absolute atomic E-state index is 12.0. The molecule has 0 aromatic heterocycles. The van der Waals surface area contributed by atoms with Gasteiger partial charge in [-0.2, -0.15) is 0 Å². The Labute approximate surface area is 146 Å². The van der Waals surface area contributed by atoms with Crippen LogP contribution in [-0.2, 0) is 24.0 Å². The van der Waals surface area contributed by atoms with Crippen LogP contribution in [0.2, 0.25) is 0 Å². The molecule has 0 aromatic carbocycles. The van der Waals surface area contributed by atoms with Crippen LogP contribution in [0.1, 0.15) is 38.5 Å². The molecule has 0 spiro atoms. The minimum absolute atomic E-state index is 0.00521. The van der Waals surface area contributed by atoms with E-state index in [0.29, 0.717) is 28.7 Å². The number of nitrogens with zero attached hydrogens (tertiary/aromatic N) is 1. The van der Waals surface area contributed by atoms with Crippen molar-refractivity contribution in [3.05, 3.63) is 24.3 Å². The summed E-state index contributed by atoms with van der Waals surface area (Å²) in [6.07, 6.45) is 13.7. The summed E-state index contributed by atoms with van der Waals surface area (Å²) in [6.45, 7) is -0.228. The predicted molar refractivity (Wildman–Crippen MR) is 87.6 cm³/mol. The van der Waals surface area contributed by atoms with Crippen molar-refractivity contribution in [2.45, 2.75) is 44.6 Å². The van der Waals surface area contributed by atoms with Crippen LogP contribution in [0, 0.1) is 23.7 Å². The van der Waals surface area contributed by atoms with E-state index in [-0.39, 0.29) is 25.6 Å². The number of rotatable bonds is 4. The molecule has 1 aliphatic heterocycles. The monoisotopic (exact) mass is 345 g/mol. The molecular weight excluding hydrogens is 322 g/mol. The molecule has 6 nitrogen and oxygen atoms in total. The third kappa shape index (κ3) is 3.03. The van der Waals surface area contributed by atoms with Crippen LogP contribution in [-0.4, -0.2) is 35.6 Å². The summed E-state index contributed by atoms with van der Waals surface area (Å²) in [5, 5.41) is 0.576. The van der Waals surface area contributed by atoms with Crippen LogP contribution in [0.4, 0.5) is 0 Å². The summed E-state index contributed by atoms with van der Waals surface area (Å²) < 4.78 is 5.90. The summed E-state index contributed by atoms with van der Waals surface area (Å²) >= 11 is 0. The third-order valence-electron chi connectivity index (χ3n) is 5.95. The number of amides is 2. The highest BCUT2D eigenvalue weighted by molar-refractivity contribution is 6.01. The normalized spacial score (nSPS) is 37.8. The SMILES string of the molecule is O=C(COC1C2C=CC1C1CC/C=C/CCC21)ON1C(=O)CCC1=O. The lowest BCUT2D eigenvalue weighted by Crippen LogP contribution is -2.34. The van der Waals surface area contributed by atoms with Gasteiger partial charge >= 0.3 is 5.97 Å².